The Bertz CT molecular complexity index is 325. The number of aromatic amines is 1. The van der Waals surface area contributed by atoms with E-state index in [4.69, 9.17) is 5.73 Å². The van der Waals surface area contributed by atoms with Crippen LogP contribution in [0.2, 0.25) is 0 Å². The third-order valence-corrected chi connectivity index (χ3v) is 1.24. The zero-order chi connectivity index (χ0) is 8.97. The molecule has 0 radical (unpaired) electrons. The molecule has 3 N–H and O–H groups in total. The van der Waals surface area contributed by atoms with E-state index in [9.17, 15) is 4.79 Å². The van der Waals surface area contributed by atoms with Crippen LogP contribution in [0.1, 0.15) is 11.5 Å². The summed E-state index contributed by atoms with van der Waals surface area (Å²) >= 11 is 0. The van der Waals surface area contributed by atoms with E-state index in [0.29, 0.717) is 5.82 Å². The van der Waals surface area contributed by atoms with Crippen molar-refractivity contribution in [1.82, 2.24) is 9.97 Å². The maximum Gasteiger partial charge on any atom is 0.241 e. The number of nitrogens with one attached hydrogen (secondary N) is 1. The number of hydrogen-bond donors (Lipinski definition) is 2. The van der Waals surface area contributed by atoms with Crippen LogP contribution in [0, 0.1) is 0 Å². The summed E-state index contributed by atoms with van der Waals surface area (Å²) in [7, 11) is 0. The van der Waals surface area contributed by atoms with Gasteiger partial charge in [-0.05, 0) is 12.2 Å². The molecule has 62 valence electrons. The summed E-state index contributed by atoms with van der Waals surface area (Å²) in [6.45, 7) is 3.55. The number of amides is 1. The molecule has 0 fully saturated rings. The van der Waals surface area contributed by atoms with Gasteiger partial charge in [0.25, 0.3) is 0 Å². The molecule has 4 heteroatoms. The first-order valence-corrected chi connectivity index (χ1v) is 3.37. The van der Waals surface area contributed by atoms with Crippen molar-refractivity contribution in [3.63, 3.8) is 0 Å². The Balaban J connectivity index is 2.76. The van der Waals surface area contributed by atoms with E-state index in [1.54, 1.807) is 12.3 Å². The first-order valence-electron chi connectivity index (χ1n) is 3.37. The average Bonchev–Trinajstić information content (AvgIpc) is 2.48. The fraction of sp³-hybridized carbons (Fsp3) is 0. The number of aromatic nitrogens is 2. The van der Waals surface area contributed by atoms with Gasteiger partial charge in [-0.3, -0.25) is 4.79 Å². The van der Waals surface area contributed by atoms with E-state index in [2.05, 4.69) is 16.5 Å². The van der Waals surface area contributed by atoms with Gasteiger partial charge in [-0.25, -0.2) is 4.98 Å². The predicted octanol–water partition coefficient (Wildman–Crippen LogP) is 0.551. The molecule has 1 aromatic rings. The maximum absolute atomic E-state index is 10.3. The number of nitrogens with two attached hydrogens (primary N) is 1. The second kappa shape index (κ2) is 3.52. The molecule has 1 amide bonds. The molecule has 4 nitrogen and oxygen atoms in total. The Kier molecular flexibility index (Phi) is 2.42. The molecule has 0 aromatic carbocycles. The van der Waals surface area contributed by atoms with Gasteiger partial charge in [0, 0.05) is 6.08 Å². The van der Waals surface area contributed by atoms with Crippen molar-refractivity contribution in [2.24, 2.45) is 5.73 Å². The minimum Gasteiger partial charge on any atom is -0.366 e. The van der Waals surface area contributed by atoms with Gasteiger partial charge in [0.1, 0.15) is 5.82 Å². The van der Waals surface area contributed by atoms with Crippen molar-refractivity contribution >= 4 is 18.1 Å². The topological polar surface area (TPSA) is 71.8 Å². The van der Waals surface area contributed by atoms with Crippen LogP contribution in [0.15, 0.2) is 18.9 Å². The van der Waals surface area contributed by atoms with E-state index >= 15 is 0 Å². The Morgan fingerprint density at radius 3 is 3.00 bits per heavy atom. The van der Waals surface area contributed by atoms with Crippen LogP contribution in [0.4, 0.5) is 0 Å². The molecular formula is C8H9N3O. The van der Waals surface area contributed by atoms with Gasteiger partial charge in [0.15, 0.2) is 0 Å². The zero-order valence-corrected chi connectivity index (χ0v) is 6.45. The van der Waals surface area contributed by atoms with Crippen molar-refractivity contribution in [2.75, 3.05) is 0 Å². The SMILES string of the molecule is C=Cc1cnc(C=CC(N)=O)[nH]1. The summed E-state index contributed by atoms with van der Waals surface area (Å²) in [6, 6.07) is 0. The third kappa shape index (κ3) is 2.09. The first kappa shape index (κ1) is 8.26. The standard InChI is InChI=1S/C8H9N3O/c1-2-6-5-10-8(11-6)4-3-7(9)12/h2-5H,1H2,(H2,9,12)(H,10,11). The number of nitrogens with zero attached hydrogens (tertiary/aromatic N) is 1. The van der Waals surface area contributed by atoms with Crippen molar-refractivity contribution in [1.29, 1.82) is 0 Å². The molecular weight excluding hydrogens is 154 g/mol. The highest BCUT2D eigenvalue weighted by atomic mass is 16.1. The Hall–Kier alpha value is -1.84. The minimum atomic E-state index is -0.494. The number of H-pyrrole nitrogens is 1. The molecule has 0 atom stereocenters. The quantitative estimate of drug-likeness (QED) is 0.639. The first-order chi connectivity index (χ1) is 5.72. The second-order valence-corrected chi connectivity index (χ2v) is 2.16. The van der Waals surface area contributed by atoms with Gasteiger partial charge in [-0.15, -0.1) is 0 Å². The molecule has 0 bridgehead atoms. The fourth-order valence-electron chi connectivity index (χ4n) is 0.701. The largest absolute Gasteiger partial charge is 0.366 e. The number of imidazole rings is 1. The smallest absolute Gasteiger partial charge is 0.241 e. The Morgan fingerprint density at radius 2 is 2.50 bits per heavy atom. The highest BCUT2D eigenvalue weighted by Gasteiger charge is 1.92. The van der Waals surface area contributed by atoms with E-state index in [1.807, 2.05) is 0 Å². The lowest BCUT2D eigenvalue weighted by Gasteiger charge is -1.82. The van der Waals surface area contributed by atoms with Crippen molar-refractivity contribution in [3.8, 4) is 0 Å². The van der Waals surface area contributed by atoms with E-state index in [0.717, 1.165) is 5.69 Å². The molecule has 0 aliphatic heterocycles. The Labute approximate surface area is 69.8 Å². The van der Waals surface area contributed by atoms with Crippen molar-refractivity contribution in [2.45, 2.75) is 0 Å². The summed E-state index contributed by atoms with van der Waals surface area (Å²) in [5.74, 6) is 0.0928. The highest BCUT2D eigenvalue weighted by molar-refractivity contribution is 5.89. The van der Waals surface area contributed by atoms with Crippen LogP contribution in [-0.4, -0.2) is 15.9 Å². The molecule has 0 aliphatic carbocycles. The van der Waals surface area contributed by atoms with Gasteiger partial charge in [-0.1, -0.05) is 6.58 Å². The zero-order valence-electron chi connectivity index (χ0n) is 6.45. The van der Waals surface area contributed by atoms with Crippen LogP contribution in [0.5, 0.6) is 0 Å². The number of rotatable bonds is 3. The van der Waals surface area contributed by atoms with Gasteiger partial charge in [-0.2, -0.15) is 0 Å². The monoisotopic (exact) mass is 163 g/mol. The molecule has 0 spiro atoms. The van der Waals surface area contributed by atoms with Crippen molar-refractivity contribution < 1.29 is 4.79 Å². The molecule has 1 heterocycles. The second-order valence-electron chi connectivity index (χ2n) is 2.16. The minimum absolute atomic E-state index is 0.494. The highest BCUT2D eigenvalue weighted by Crippen LogP contribution is 1.99. The predicted molar refractivity (Wildman–Crippen MR) is 46.9 cm³/mol. The number of carbonyl (C=O) groups excluding carboxylic acids is 1. The normalized spacial score (nSPS) is 10.3. The molecule has 0 unspecified atom stereocenters. The molecule has 0 saturated carbocycles. The number of primary amides is 1. The summed E-state index contributed by atoms with van der Waals surface area (Å²) < 4.78 is 0. The summed E-state index contributed by atoms with van der Waals surface area (Å²) in [5.41, 5.74) is 5.70. The van der Waals surface area contributed by atoms with Crippen LogP contribution in [0.3, 0.4) is 0 Å². The van der Waals surface area contributed by atoms with Crippen LogP contribution in [0.25, 0.3) is 12.2 Å². The lowest BCUT2D eigenvalue weighted by molar-refractivity contribution is -0.113. The molecule has 1 rings (SSSR count). The summed E-state index contributed by atoms with van der Waals surface area (Å²) in [5, 5.41) is 0. The van der Waals surface area contributed by atoms with Gasteiger partial charge in [0.2, 0.25) is 5.91 Å². The number of carbonyl (C=O) groups is 1. The Morgan fingerprint density at radius 1 is 1.75 bits per heavy atom. The van der Waals surface area contributed by atoms with Gasteiger partial charge < -0.3 is 10.7 Å². The summed E-state index contributed by atoms with van der Waals surface area (Å²) in [4.78, 5) is 17.2. The lowest BCUT2D eigenvalue weighted by Crippen LogP contribution is -2.05. The van der Waals surface area contributed by atoms with Crippen LogP contribution < -0.4 is 5.73 Å². The lowest BCUT2D eigenvalue weighted by atomic mass is 10.4. The maximum atomic E-state index is 10.3. The third-order valence-electron chi connectivity index (χ3n) is 1.24. The van der Waals surface area contributed by atoms with Gasteiger partial charge >= 0.3 is 0 Å². The summed E-state index contributed by atoms with van der Waals surface area (Å²) in [6.07, 6.45) is 6.00. The van der Waals surface area contributed by atoms with Crippen molar-refractivity contribution in [3.05, 3.63) is 30.4 Å². The molecule has 0 saturated heterocycles. The van der Waals surface area contributed by atoms with Gasteiger partial charge in [0.05, 0.1) is 11.9 Å². The van der Waals surface area contributed by atoms with E-state index in [-0.39, 0.29) is 0 Å². The molecule has 0 aliphatic rings. The average molecular weight is 163 g/mol. The number of hydrogen-bond acceptors (Lipinski definition) is 2. The van der Waals surface area contributed by atoms with E-state index in [1.165, 1.54) is 12.2 Å². The fourth-order valence-corrected chi connectivity index (χ4v) is 0.701. The molecule has 1 aromatic heterocycles. The van der Waals surface area contributed by atoms with Crippen LogP contribution in [-0.2, 0) is 4.79 Å². The van der Waals surface area contributed by atoms with E-state index < -0.39 is 5.91 Å². The van der Waals surface area contributed by atoms with Crippen LogP contribution >= 0.6 is 0 Å². The molecule has 12 heavy (non-hydrogen) atoms.